The van der Waals surface area contributed by atoms with Crippen molar-refractivity contribution in [3.63, 3.8) is 0 Å². The smallest absolute Gasteiger partial charge is 0.378 e. The van der Waals surface area contributed by atoms with E-state index >= 15 is 0 Å². The minimum Gasteiger partial charge on any atom is -0.378 e. The van der Waals surface area contributed by atoms with Gasteiger partial charge in [0.1, 0.15) is 0 Å². The number of carbonyl (C=O) groups is 1. The number of morpholine rings is 1. The first-order valence-corrected chi connectivity index (χ1v) is 7.72. The summed E-state index contributed by atoms with van der Waals surface area (Å²) in [5.41, 5.74) is -1.34. The molecule has 4 nitrogen and oxygen atoms in total. The number of rotatable bonds is 1. The Hall–Kier alpha value is -1.31. The summed E-state index contributed by atoms with van der Waals surface area (Å²) in [5.74, 6) is -0.612. The highest BCUT2D eigenvalue weighted by Crippen LogP contribution is 2.34. The predicted molar refractivity (Wildman–Crippen MR) is 78.5 cm³/mol. The maximum absolute atomic E-state index is 13.2. The average Bonchev–Trinajstić information content (AvgIpc) is 2.53. The first-order valence-electron chi connectivity index (χ1n) is 7.34. The number of piperazine rings is 1. The van der Waals surface area contributed by atoms with Gasteiger partial charge in [0.25, 0.3) is 5.91 Å². The first kappa shape index (κ1) is 16.5. The molecule has 1 aromatic rings. The highest BCUT2D eigenvalue weighted by Gasteiger charge is 2.38. The van der Waals surface area contributed by atoms with Crippen LogP contribution in [0.25, 0.3) is 0 Å². The van der Waals surface area contributed by atoms with E-state index in [1.165, 1.54) is 11.0 Å². The van der Waals surface area contributed by atoms with Crippen LogP contribution in [-0.2, 0) is 10.9 Å². The Labute approximate surface area is 136 Å². The van der Waals surface area contributed by atoms with Crippen molar-refractivity contribution in [2.45, 2.75) is 12.2 Å². The van der Waals surface area contributed by atoms with Gasteiger partial charge in [0.2, 0.25) is 0 Å². The van der Waals surface area contributed by atoms with Crippen LogP contribution in [0.1, 0.15) is 15.9 Å². The summed E-state index contributed by atoms with van der Waals surface area (Å²) in [7, 11) is 0. The molecule has 0 radical (unpaired) electrons. The number of carbonyl (C=O) groups excluding carboxylic acids is 1. The van der Waals surface area contributed by atoms with Gasteiger partial charge in [-0.05, 0) is 18.2 Å². The molecule has 0 spiro atoms. The molecule has 2 aliphatic rings. The zero-order valence-electron chi connectivity index (χ0n) is 12.3. The Morgan fingerprint density at radius 1 is 1.26 bits per heavy atom. The summed E-state index contributed by atoms with van der Waals surface area (Å²) >= 11 is 5.66. The summed E-state index contributed by atoms with van der Waals surface area (Å²) in [6, 6.07) is 3.30. The Kier molecular flexibility index (Phi) is 4.53. The van der Waals surface area contributed by atoms with E-state index in [0.29, 0.717) is 32.8 Å². The minimum absolute atomic E-state index is 0.0422. The minimum atomic E-state index is -4.62. The average molecular weight is 349 g/mol. The number of halogens is 4. The zero-order chi connectivity index (χ0) is 16.6. The normalized spacial score (nSPS) is 22.8. The maximum Gasteiger partial charge on any atom is 0.417 e. The van der Waals surface area contributed by atoms with Crippen LogP contribution in [-0.4, -0.2) is 61.1 Å². The first-order chi connectivity index (χ1) is 10.9. The van der Waals surface area contributed by atoms with Crippen molar-refractivity contribution in [1.82, 2.24) is 9.80 Å². The molecule has 0 N–H and O–H groups in total. The molecule has 8 heteroatoms. The van der Waals surface area contributed by atoms with Crippen molar-refractivity contribution in [3.05, 3.63) is 34.3 Å². The molecular formula is C15H16ClF3N2O2. The zero-order valence-corrected chi connectivity index (χ0v) is 13.0. The van der Waals surface area contributed by atoms with E-state index in [1.807, 2.05) is 0 Å². The Morgan fingerprint density at radius 3 is 2.78 bits per heavy atom. The van der Waals surface area contributed by atoms with Gasteiger partial charge in [-0.2, -0.15) is 13.2 Å². The maximum atomic E-state index is 13.2. The Morgan fingerprint density at radius 2 is 2.04 bits per heavy atom. The molecule has 2 aliphatic heterocycles. The van der Waals surface area contributed by atoms with Crippen LogP contribution in [0.5, 0.6) is 0 Å². The van der Waals surface area contributed by atoms with Crippen LogP contribution in [0.4, 0.5) is 13.2 Å². The molecule has 0 unspecified atom stereocenters. The van der Waals surface area contributed by atoms with E-state index in [0.717, 1.165) is 18.7 Å². The van der Waals surface area contributed by atoms with Gasteiger partial charge in [-0.3, -0.25) is 9.69 Å². The van der Waals surface area contributed by atoms with Gasteiger partial charge >= 0.3 is 6.18 Å². The molecule has 1 amide bonds. The highest BCUT2D eigenvalue weighted by atomic mass is 35.5. The van der Waals surface area contributed by atoms with Crippen LogP contribution < -0.4 is 0 Å². The lowest BCUT2D eigenvalue weighted by atomic mass is 10.0. The number of hydrogen-bond acceptors (Lipinski definition) is 3. The summed E-state index contributed by atoms with van der Waals surface area (Å²) in [6.07, 6.45) is -4.62. The molecule has 2 saturated heterocycles. The molecule has 126 valence electrons. The fourth-order valence-electron chi connectivity index (χ4n) is 3.04. The van der Waals surface area contributed by atoms with Gasteiger partial charge in [-0.15, -0.1) is 0 Å². The van der Waals surface area contributed by atoms with E-state index in [4.69, 9.17) is 16.3 Å². The lowest BCUT2D eigenvalue weighted by Gasteiger charge is -2.43. The van der Waals surface area contributed by atoms with Gasteiger partial charge < -0.3 is 9.64 Å². The number of nitrogens with zero attached hydrogens (tertiary/aromatic N) is 2. The fraction of sp³-hybridized carbons (Fsp3) is 0.533. The SMILES string of the molecule is O=C(c1ccc(Cl)cc1C(F)(F)F)N1CCN2CCOC[C@@H]2C1. The monoisotopic (exact) mass is 348 g/mol. The summed E-state index contributed by atoms with van der Waals surface area (Å²) < 4.78 is 44.9. The van der Waals surface area contributed by atoms with Crippen molar-refractivity contribution in [2.75, 3.05) is 39.4 Å². The summed E-state index contributed by atoms with van der Waals surface area (Å²) in [4.78, 5) is 16.3. The van der Waals surface area contributed by atoms with Gasteiger partial charge in [0, 0.05) is 31.2 Å². The van der Waals surface area contributed by atoms with Crippen LogP contribution >= 0.6 is 11.6 Å². The van der Waals surface area contributed by atoms with Gasteiger partial charge in [0.15, 0.2) is 0 Å². The number of benzene rings is 1. The molecule has 1 atom stereocenters. The lowest BCUT2D eigenvalue weighted by molar-refractivity contribution is -0.138. The molecule has 23 heavy (non-hydrogen) atoms. The lowest BCUT2D eigenvalue weighted by Crippen LogP contribution is -2.59. The van der Waals surface area contributed by atoms with Gasteiger partial charge in [0.05, 0.1) is 30.4 Å². The van der Waals surface area contributed by atoms with Crippen LogP contribution in [0, 0.1) is 0 Å². The van der Waals surface area contributed by atoms with E-state index in [-0.39, 0.29) is 16.6 Å². The van der Waals surface area contributed by atoms with Gasteiger partial charge in [-0.1, -0.05) is 11.6 Å². The largest absolute Gasteiger partial charge is 0.417 e. The van der Waals surface area contributed by atoms with Crippen molar-refractivity contribution in [1.29, 1.82) is 0 Å². The Bertz CT molecular complexity index is 609. The van der Waals surface area contributed by atoms with E-state index in [1.54, 1.807) is 0 Å². The molecule has 0 aliphatic carbocycles. The summed E-state index contributed by atoms with van der Waals surface area (Å²) in [5, 5.41) is -0.0422. The molecule has 2 fully saturated rings. The van der Waals surface area contributed by atoms with E-state index in [2.05, 4.69) is 4.90 Å². The third-order valence-electron chi connectivity index (χ3n) is 4.24. The third-order valence-corrected chi connectivity index (χ3v) is 4.48. The molecular weight excluding hydrogens is 333 g/mol. The van der Waals surface area contributed by atoms with Crippen molar-refractivity contribution in [2.24, 2.45) is 0 Å². The van der Waals surface area contributed by atoms with Crippen LogP contribution in [0.3, 0.4) is 0 Å². The number of ether oxygens (including phenoxy) is 1. The third kappa shape index (κ3) is 3.46. The quantitative estimate of drug-likeness (QED) is 0.782. The molecule has 0 saturated carbocycles. The second kappa shape index (κ2) is 6.30. The van der Waals surface area contributed by atoms with Crippen LogP contribution in [0.15, 0.2) is 18.2 Å². The van der Waals surface area contributed by atoms with Crippen LogP contribution in [0.2, 0.25) is 5.02 Å². The predicted octanol–water partition coefficient (Wildman–Crippen LogP) is 2.52. The standard InChI is InChI=1S/C15H16ClF3N2O2/c16-10-1-2-12(13(7-10)15(17,18)19)14(22)21-4-3-20-5-6-23-9-11(20)8-21/h1-2,7,11H,3-6,8-9H2/t11-/m0/s1. The molecule has 1 aromatic carbocycles. The summed E-state index contributed by atoms with van der Waals surface area (Å²) in [6.45, 7) is 3.38. The highest BCUT2D eigenvalue weighted by molar-refractivity contribution is 6.30. The van der Waals surface area contributed by atoms with Crippen molar-refractivity contribution >= 4 is 17.5 Å². The number of fused-ring (bicyclic) bond motifs is 1. The molecule has 2 heterocycles. The fourth-order valence-corrected chi connectivity index (χ4v) is 3.21. The Balaban J connectivity index is 1.83. The topological polar surface area (TPSA) is 32.8 Å². The van der Waals surface area contributed by atoms with Crippen molar-refractivity contribution in [3.8, 4) is 0 Å². The second-order valence-corrected chi connectivity index (χ2v) is 6.14. The second-order valence-electron chi connectivity index (χ2n) is 5.70. The van der Waals surface area contributed by atoms with Crippen molar-refractivity contribution < 1.29 is 22.7 Å². The van der Waals surface area contributed by atoms with E-state index in [9.17, 15) is 18.0 Å². The van der Waals surface area contributed by atoms with Gasteiger partial charge in [-0.25, -0.2) is 0 Å². The van der Waals surface area contributed by atoms with E-state index < -0.39 is 17.6 Å². The number of alkyl halides is 3. The number of hydrogen-bond donors (Lipinski definition) is 0. The number of amides is 1. The molecule has 3 rings (SSSR count). The molecule has 0 bridgehead atoms. The molecule has 0 aromatic heterocycles.